The molecule has 1 aromatic heterocycles. The second-order valence-electron chi connectivity index (χ2n) is 3.82. The molecule has 3 nitrogen and oxygen atoms in total. The monoisotopic (exact) mass is 266 g/mol. The molecule has 2 N–H and O–H groups in total. The fourth-order valence-electron chi connectivity index (χ4n) is 1.65. The average molecular weight is 267 g/mol. The summed E-state index contributed by atoms with van der Waals surface area (Å²) in [4.78, 5) is 17.3. The molecule has 2 aromatic rings. The molecule has 0 aliphatic heterocycles. The van der Waals surface area contributed by atoms with Crippen molar-refractivity contribution in [1.82, 2.24) is 9.97 Å². The lowest BCUT2D eigenvalue weighted by Gasteiger charge is -2.04. The molecule has 0 fully saturated rings. The van der Waals surface area contributed by atoms with Crippen molar-refractivity contribution in [1.29, 1.82) is 0 Å². The van der Waals surface area contributed by atoms with Crippen LogP contribution in [0, 0.1) is 11.7 Å². The lowest BCUT2D eigenvalue weighted by molar-refractivity contribution is 0.963. The van der Waals surface area contributed by atoms with Gasteiger partial charge in [-0.2, -0.15) is 0 Å². The van der Waals surface area contributed by atoms with Gasteiger partial charge in [-0.25, -0.2) is 0 Å². The molecule has 0 atom stereocenters. The van der Waals surface area contributed by atoms with Crippen molar-refractivity contribution in [3.05, 3.63) is 61.2 Å². The maximum atomic E-state index is 11.8. The molecule has 88 valence electrons. The van der Waals surface area contributed by atoms with Crippen molar-refractivity contribution in [3.63, 3.8) is 0 Å². The number of hydrogen-bond acceptors (Lipinski definition) is 2. The Kier molecular flexibility index (Phi) is 3.45. The number of hydrogen-bond donors (Lipinski definition) is 2. The van der Waals surface area contributed by atoms with Crippen molar-refractivity contribution in [2.45, 2.75) is 13.3 Å². The maximum absolute atomic E-state index is 11.8. The van der Waals surface area contributed by atoms with Crippen LogP contribution in [-0.4, -0.2) is 9.97 Å². The molecule has 0 radical (unpaired) electrons. The van der Waals surface area contributed by atoms with Gasteiger partial charge in [0.15, 0.2) is 4.77 Å². The van der Waals surface area contributed by atoms with E-state index in [1.807, 2.05) is 31.2 Å². The molecule has 0 unspecified atom stereocenters. The number of H-pyrrole nitrogens is 2. The third-order valence-electron chi connectivity index (χ3n) is 2.55. The lowest BCUT2D eigenvalue weighted by atomic mass is 10.1. The van der Waals surface area contributed by atoms with Crippen LogP contribution in [0.1, 0.15) is 16.8 Å². The second kappa shape index (κ2) is 4.85. The minimum atomic E-state index is -0.138. The van der Waals surface area contributed by atoms with Crippen LogP contribution in [0.25, 0.3) is 0 Å². The van der Waals surface area contributed by atoms with Crippen molar-refractivity contribution in [2.24, 2.45) is 0 Å². The number of benzene rings is 1. The highest BCUT2D eigenvalue weighted by Gasteiger charge is 2.05. The van der Waals surface area contributed by atoms with Gasteiger partial charge in [-0.1, -0.05) is 23.7 Å². The highest BCUT2D eigenvalue weighted by atomic mass is 35.5. The molecular formula is C12H11ClN2OS. The molecule has 2 rings (SSSR count). The topological polar surface area (TPSA) is 48.6 Å². The van der Waals surface area contributed by atoms with Crippen LogP contribution in [0.4, 0.5) is 0 Å². The quantitative estimate of drug-likeness (QED) is 0.821. The van der Waals surface area contributed by atoms with Crippen LogP contribution in [-0.2, 0) is 6.42 Å². The summed E-state index contributed by atoms with van der Waals surface area (Å²) < 4.78 is 0.354. The molecule has 0 aliphatic carbocycles. The van der Waals surface area contributed by atoms with Gasteiger partial charge >= 0.3 is 0 Å². The highest BCUT2D eigenvalue weighted by molar-refractivity contribution is 7.71. The third kappa shape index (κ3) is 2.84. The predicted molar refractivity (Wildman–Crippen MR) is 71.2 cm³/mol. The van der Waals surface area contributed by atoms with Gasteiger partial charge in [0.05, 0.1) is 0 Å². The summed E-state index contributed by atoms with van der Waals surface area (Å²) in [6.45, 7) is 1.84. The van der Waals surface area contributed by atoms with E-state index in [1.54, 1.807) is 0 Å². The lowest BCUT2D eigenvalue weighted by Crippen LogP contribution is -2.16. The summed E-state index contributed by atoms with van der Waals surface area (Å²) in [6.07, 6.45) is 0.560. The van der Waals surface area contributed by atoms with Crippen molar-refractivity contribution < 1.29 is 0 Å². The molecule has 0 spiro atoms. The van der Waals surface area contributed by atoms with Gasteiger partial charge in [-0.05, 0) is 36.8 Å². The van der Waals surface area contributed by atoms with Crippen LogP contribution in [0.15, 0.2) is 29.1 Å². The van der Waals surface area contributed by atoms with Gasteiger partial charge in [0.1, 0.15) is 0 Å². The second-order valence-corrected chi connectivity index (χ2v) is 4.66. The SMILES string of the molecule is Cc1[nH]c(=S)[nH]c(=O)c1Cc1ccc(Cl)cc1. The highest BCUT2D eigenvalue weighted by Crippen LogP contribution is 2.12. The number of aromatic amines is 2. The standard InChI is InChI=1S/C12H11ClN2OS/c1-7-10(11(16)15-12(17)14-7)6-8-2-4-9(13)5-3-8/h2-5H,6H2,1H3,(H2,14,15,16,17). The minimum Gasteiger partial charge on any atom is -0.336 e. The summed E-state index contributed by atoms with van der Waals surface area (Å²) in [5, 5.41) is 0.687. The van der Waals surface area contributed by atoms with E-state index < -0.39 is 0 Å². The first-order valence-corrected chi connectivity index (χ1v) is 5.91. The first-order valence-electron chi connectivity index (χ1n) is 5.13. The molecular weight excluding hydrogens is 256 g/mol. The van der Waals surface area contributed by atoms with Crippen molar-refractivity contribution in [3.8, 4) is 0 Å². The van der Waals surface area contributed by atoms with Crippen molar-refractivity contribution >= 4 is 23.8 Å². The Hall–Kier alpha value is -1.39. The van der Waals surface area contributed by atoms with E-state index in [2.05, 4.69) is 9.97 Å². The van der Waals surface area contributed by atoms with E-state index >= 15 is 0 Å². The Morgan fingerprint density at radius 2 is 1.88 bits per heavy atom. The molecule has 5 heteroatoms. The van der Waals surface area contributed by atoms with E-state index in [-0.39, 0.29) is 5.56 Å². The van der Waals surface area contributed by atoms with E-state index in [0.717, 1.165) is 11.3 Å². The number of aryl methyl sites for hydroxylation is 1. The first kappa shape index (κ1) is 12.1. The van der Waals surface area contributed by atoms with E-state index in [0.29, 0.717) is 21.8 Å². The smallest absolute Gasteiger partial charge is 0.255 e. The first-order chi connectivity index (χ1) is 8.06. The number of rotatable bonds is 2. The van der Waals surface area contributed by atoms with Gasteiger partial charge in [0.2, 0.25) is 0 Å². The minimum absolute atomic E-state index is 0.138. The Labute approximate surface area is 108 Å². The summed E-state index contributed by atoms with van der Waals surface area (Å²) >= 11 is 10.7. The molecule has 0 bridgehead atoms. The molecule has 0 amide bonds. The third-order valence-corrected chi connectivity index (χ3v) is 3.01. The van der Waals surface area contributed by atoms with Crippen molar-refractivity contribution in [2.75, 3.05) is 0 Å². The van der Waals surface area contributed by atoms with Gasteiger partial charge in [0, 0.05) is 22.7 Å². The van der Waals surface area contributed by atoms with E-state index in [1.165, 1.54) is 0 Å². The predicted octanol–water partition coefficient (Wildman–Crippen LogP) is 2.99. The summed E-state index contributed by atoms with van der Waals surface area (Å²) in [7, 11) is 0. The number of aromatic nitrogens is 2. The molecule has 17 heavy (non-hydrogen) atoms. The van der Waals surface area contributed by atoms with Crippen LogP contribution in [0.3, 0.4) is 0 Å². The van der Waals surface area contributed by atoms with Crippen LogP contribution >= 0.6 is 23.8 Å². The Morgan fingerprint density at radius 3 is 2.47 bits per heavy atom. The molecule has 1 aromatic carbocycles. The molecule has 1 heterocycles. The van der Waals surface area contributed by atoms with Crippen LogP contribution < -0.4 is 5.56 Å². The maximum Gasteiger partial charge on any atom is 0.255 e. The Morgan fingerprint density at radius 1 is 1.24 bits per heavy atom. The fraction of sp³-hybridized carbons (Fsp3) is 0.167. The van der Waals surface area contributed by atoms with Gasteiger partial charge in [0.25, 0.3) is 5.56 Å². The Bertz CT molecular complexity index is 643. The molecule has 0 saturated carbocycles. The van der Waals surface area contributed by atoms with Gasteiger partial charge in [-0.3, -0.25) is 9.78 Å². The molecule has 0 saturated heterocycles. The van der Waals surface area contributed by atoms with Gasteiger partial charge in [-0.15, -0.1) is 0 Å². The zero-order valence-electron chi connectivity index (χ0n) is 9.21. The Balaban J connectivity index is 2.40. The fourth-order valence-corrected chi connectivity index (χ4v) is 2.02. The van der Waals surface area contributed by atoms with Crippen LogP contribution in [0.2, 0.25) is 5.02 Å². The summed E-state index contributed by atoms with van der Waals surface area (Å²) in [6, 6.07) is 7.43. The van der Waals surface area contributed by atoms with Gasteiger partial charge < -0.3 is 4.98 Å². The van der Waals surface area contributed by atoms with E-state index in [4.69, 9.17) is 23.8 Å². The number of halogens is 1. The zero-order chi connectivity index (χ0) is 12.4. The summed E-state index contributed by atoms with van der Waals surface area (Å²) in [5.74, 6) is 0. The molecule has 0 aliphatic rings. The van der Waals surface area contributed by atoms with Crippen LogP contribution in [0.5, 0.6) is 0 Å². The zero-order valence-corrected chi connectivity index (χ0v) is 10.8. The summed E-state index contributed by atoms with van der Waals surface area (Å²) in [5.41, 5.74) is 2.39. The normalized spacial score (nSPS) is 10.5. The average Bonchev–Trinajstić information content (AvgIpc) is 2.26. The number of nitrogens with one attached hydrogen (secondary N) is 2. The van der Waals surface area contributed by atoms with E-state index in [9.17, 15) is 4.79 Å². The largest absolute Gasteiger partial charge is 0.336 e.